The van der Waals surface area contributed by atoms with E-state index in [1.807, 2.05) is 0 Å². The number of nitriles is 1. The van der Waals surface area contributed by atoms with Gasteiger partial charge in [-0.1, -0.05) is 23.2 Å². The third-order valence-electron chi connectivity index (χ3n) is 2.96. The molecule has 0 aliphatic carbocycles. The Morgan fingerprint density at radius 3 is 2.22 bits per heavy atom. The Kier molecular flexibility index (Phi) is 4.28. The highest BCUT2D eigenvalue weighted by Gasteiger charge is 2.32. The number of aromatic nitrogens is 2. The zero-order valence-corrected chi connectivity index (χ0v) is 13.0. The van der Waals surface area contributed by atoms with Crippen molar-refractivity contribution in [1.82, 2.24) is 9.78 Å². The summed E-state index contributed by atoms with van der Waals surface area (Å²) < 4.78 is 39.2. The summed E-state index contributed by atoms with van der Waals surface area (Å²) in [5.74, 6) is -0.113. The molecular formula is C13H8Cl2F3N5. The van der Waals surface area contributed by atoms with E-state index in [2.05, 4.69) is 5.10 Å². The topological polar surface area (TPSA) is 91.5 Å². The van der Waals surface area contributed by atoms with Crippen LogP contribution in [0.15, 0.2) is 12.1 Å². The van der Waals surface area contributed by atoms with Crippen molar-refractivity contribution in [2.45, 2.75) is 13.1 Å². The fraction of sp³-hybridized carbons (Fsp3) is 0.154. The van der Waals surface area contributed by atoms with Crippen molar-refractivity contribution in [2.24, 2.45) is 0 Å². The number of anilines is 1. The van der Waals surface area contributed by atoms with Crippen LogP contribution in [-0.2, 0) is 6.18 Å². The van der Waals surface area contributed by atoms with Crippen LogP contribution in [0.25, 0.3) is 5.69 Å². The zero-order chi connectivity index (χ0) is 17.5. The first-order valence-corrected chi connectivity index (χ1v) is 6.74. The van der Waals surface area contributed by atoms with Gasteiger partial charge in [-0.15, -0.1) is 0 Å². The summed E-state index contributed by atoms with van der Waals surface area (Å²) in [7, 11) is 0. The molecule has 0 spiro atoms. The maximum Gasteiger partial charge on any atom is 0.416 e. The van der Waals surface area contributed by atoms with E-state index in [9.17, 15) is 13.2 Å². The van der Waals surface area contributed by atoms with E-state index in [0.717, 1.165) is 4.68 Å². The smallest absolute Gasteiger partial charge is 0.383 e. The lowest BCUT2D eigenvalue weighted by atomic mass is 10.1. The molecule has 2 rings (SSSR count). The van der Waals surface area contributed by atoms with Gasteiger partial charge in [-0.05, 0) is 19.1 Å². The summed E-state index contributed by atoms with van der Waals surface area (Å²) in [6.07, 6.45) is -4.62. The summed E-state index contributed by atoms with van der Waals surface area (Å²) in [6.45, 7) is 1.40. The molecule has 120 valence electrons. The molecule has 1 aromatic heterocycles. The van der Waals surface area contributed by atoms with E-state index < -0.39 is 11.7 Å². The highest BCUT2D eigenvalue weighted by Crippen LogP contribution is 2.38. The van der Waals surface area contributed by atoms with Crippen molar-refractivity contribution in [3.05, 3.63) is 39.0 Å². The van der Waals surface area contributed by atoms with E-state index >= 15 is 0 Å². The average Bonchev–Trinajstić information content (AvgIpc) is 2.74. The summed E-state index contributed by atoms with van der Waals surface area (Å²) >= 11 is 11.8. The average molecular weight is 362 g/mol. The van der Waals surface area contributed by atoms with Gasteiger partial charge in [0.25, 0.3) is 0 Å². The molecular weight excluding hydrogens is 354 g/mol. The fourth-order valence-corrected chi connectivity index (χ4v) is 2.63. The van der Waals surface area contributed by atoms with Crippen LogP contribution >= 0.6 is 23.2 Å². The molecule has 0 amide bonds. The second-order valence-corrected chi connectivity index (χ2v) is 5.36. The van der Waals surface area contributed by atoms with Gasteiger partial charge in [-0.25, -0.2) is 4.68 Å². The zero-order valence-electron chi connectivity index (χ0n) is 11.5. The standard InChI is InChI=1S/C13H8Cl2F3N5/c1-5(20)10-9(4-19)22-23(12(10)21)11-7(14)2-6(3-8(11)15)13(16,17)18/h2-3,20H,21H2,1H3. The van der Waals surface area contributed by atoms with Gasteiger partial charge in [0.1, 0.15) is 17.6 Å². The first kappa shape index (κ1) is 17.1. The van der Waals surface area contributed by atoms with Crippen LogP contribution in [0.4, 0.5) is 19.0 Å². The Balaban J connectivity index is 2.74. The van der Waals surface area contributed by atoms with E-state index in [0.29, 0.717) is 12.1 Å². The molecule has 0 atom stereocenters. The van der Waals surface area contributed by atoms with Crippen LogP contribution in [0, 0.1) is 16.7 Å². The van der Waals surface area contributed by atoms with Crippen molar-refractivity contribution >= 4 is 34.7 Å². The molecule has 0 bridgehead atoms. The molecule has 0 saturated carbocycles. The van der Waals surface area contributed by atoms with E-state index in [1.54, 1.807) is 6.07 Å². The van der Waals surface area contributed by atoms with Gasteiger partial charge < -0.3 is 11.1 Å². The Bertz CT molecular complexity index is 826. The molecule has 0 radical (unpaired) electrons. The third-order valence-corrected chi connectivity index (χ3v) is 3.53. The maximum absolute atomic E-state index is 12.8. The Hall–Kier alpha value is -2.24. The maximum atomic E-state index is 12.8. The van der Waals surface area contributed by atoms with Crippen molar-refractivity contribution < 1.29 is 13.2 Å². The molecule has 10 heteroatoms. The van der Waals surface area contributed by atoms with E-state index in [1.165, 1.54) is 6.92 Å². The van der Waals surface area contributed by atoms with Crippen molar-refractivity contribution in [2.75, 3.05) is 5.73 Å². The number of hydrogen-bond acceptors (Lipinski definition) is 4. The summed E-state index contributed by atoms with van der Waals surface area (Å²) in [6, 6.07) is 3.14. The quantitative estimate of drug-likeness (QED) is 0.790. The molecule has 0 aliphatic rings. The number of alkyl halides is 3. The largest absolute Gasteiger partial charge is 0.416 e. The van der Waals surface area contributed by atoms with Crippen LogP contribution in [0.3, 0.4) is 0 Å². The molecule has 23 heavy (non-hydrogen) atoms. The number of halogens is 5. The Morgan fingerprint density at radius 1 is 1.35 bits per heavy atom. The van der Waals surface area contributed by atoms with Gasteiger partial charge in [-0.2, -0.15) is 23.5 Å². The molecule has 3 N–H and O–H groups in total. The number of nitrogens with one attached hydrogen (secondary N) is 1. The van der Waals surface area contributed by atoms with Gasteiger partial charge >= 0.3 is 6.18 Å². The molecule has 1 aromatic carbocycles. The lowest BCUT2D eigenvalue weighted by Gasteiger charge is -2.13. The first-order valence-electron chi connectivity index (χ1n) is 5.98. The predicted octanol–water partition coefficient (Wildman–Crippen LogP) is 4.04. The summed E-state index contributed by atoms with van der Waals surface area (Å²) in [4.78, 5) is 0. The number of hydrogen-bond donors (Lipinski definition) is 2. The molecule has 1 heterocycles. The Labute approximate surface area is 138 Å². The van der Waals surface area contributed by atoms with Crippen molar-refractivity contribution in [3.63, 3.8) is 0 Å². The van der Waals surface area contributed by atoms with Crippen LogP contribution in [-0.4, -0.2) is 15.5 Å². The number of nitrogen functional groups attached to an aromatic ring is 1. The fourth-order valence-electron chi connectivity index (χ4n) is 1.98. The highest BCUT2D eigenvalue weighted by molar-refractivity contribution is 6.38. The van der Waals surface area contributed by atoms with Gasteiger partial charge in [-0.3, -0.25) is 0 Å². The van der Waals surface area contributed by atoms with Gasteiger partial charge in [0, 0.05) is 5.71 Å². The lowest BCUT2D eigenvalue weighted by molar-refractivity contribution is -0.137. The van der Waals surface area contributed by atoms with Gasteiger partial charge in [0.05, 0.1) is 21.2 Å². The summed E-state index contributed by atoms with van der Waals surface area (Å²) in [5.41, 5.74) is 4.62. The van der Waals surface area contributed by atoms with Crippen molar-refractivity contribution in [3.8, 4) is 11.8 Å². The monoisotopic (exact) mass is 361 g/mol. The van der Waals surface area contributed by atoms with E-state index in [4.69, 9.17) is 39.6 Å². The number of nitrogens with zero attached hydrogens (tertiary/aromatic N) is 3. The van der Waals surface area contributed by atoms with Crippen LogP contribution in [0.2, 0.25) is 10.0 Å². The SMILES string of the molecule is CC(=N)c1c(C#N)nn(-c2c(Cl)cc(C(F)(F)F)cc2Cl)c1N. The summed E-state index contributed by atoms with van der Waals surface area (Å²) in [5, 5.41) is 19.9. The second-order valence-electron chi connectivity index (χ2n) is 4.54. The second kappa shape index (κ2) is 5.76. The number of nitrogens with two attached hydrogens (primary N) is 1. The lowest BCUT2D eigenvalue weighted by Crippen LogP contribution is -2.09. The third kappa shape index (κ3) is 2.98. The predicted molar refractivity (Wildman–Crippen MR) is 80.2 cm³/mol. The van der Waals surface area contributed by atoms with Crippen LogP contribution < -0.4 is 5.73 Å². The number of rotatable bonds is 2. The molecule has 0 aliphatic heterocycles. The van der Waals surface area contributed by atoms with Crippen LogP contribution in [0.1, 0.15) is 23.7 Å². The molecule has 0 fully saturated rings. The first-order chi connectivity index (χ1) is 10.6. The minimum atomic E-state index is -4.62. The van der Waals surface area contributed by atoms with Gasteiger partial charge in [0.15, 0.2) is 5.69 Å². The van der Waals surface area contributed by atoms with Crippen LogP contribution in [0.5, 0.6) is 0 Å². The minimum absolute atomic E-state index is 0.0237. The molecule has 2 aromatic rings. The van der Waals surface area contributed by atoms with E-state index in [-0.39, 0.29) is 38.5 Å². The number of benzene rings is 1. The van der Waals surface area contributed by atoms with Gasteiger partial charge in [0.2, 0.25) is 0 Å². The molecule has 0 saturated heterocycles. The normalized spacial score (nSPS) is 11.3. The molecule has 5 nitrogen and oxygen atoms in total. The van der Waals surface area contributed by atoms with Crippen molar-refractivity contribution in [1.29, 1.82) is 10.7 Å². The highest BCUT2D eigenvalue weighted by atomic mass is 35.5. The molecule has 0 unspecified atom stereocenters. The Morgan fingerprint density at radius 2 is 1.87 bits per heavy atom. The minimum Gasteiger partial charge on any atom is -0.383 e.